The molecular formula is C14H21N3O. The Hall–Kier alpha value is -1.55. The largest absolute Gasteiger partial charge is 0.370 e. The van der Waals surface area contributed by atoms with Crippen molar-refractivity contribution in [2.45, 2.75) is 26.3 Å². The van der Waals surface area contributed by atoms with Crippen LogP contribution in [0.2, 0.25) is 0 Å². The van der Waals surface area contributed by atoms with E-state index in [4.69, 9.17) is 11.5 Å². The van der Waals surface area contributed by atoms with E-state index in [1.165, 1.54) is 5.56 Å². The van der Waals surface area contributed by atoms with Gasteiger partial charge in [0.25, 0.3) is 0 Å². The summed E-state index contributed by atoms with van der Waals surface area (Å²) in [5.41, 5.74) is 14.7. The summed E-state index contributed by atoms with van der Waals surface area (Å²) in [6, 6.07) is 6.28. The third-order valence-corrected chi connectivity index (χ3v) is 3.63. The van der Waals surface area contributed by atoms with Crippen LogP contribution in [0.3, 0.4) is 0 Å². The average molecular weight is 247 g/mol. The molecule has 0 spiro atoms. The first-order valence-corrected chi connectivity index (χ1v) is 6.45. The summed E-state index contributed by atoms with van der Waals surface area (Å²) in [6.07, 6.45) is 1.90. The van der Waals surface area contributed by atoms with E-state index >= 15 is 0 Å². The zero-order valence-corrected chi connectivity index (χ0v) is 10.9. The number of hydrogen-bond acceptors (Lipinski definition) is 3. The molecule has 1 aliphatic heterocycles. The van der Waals surface area contributed by atoms with Crippen molar-refractivity contribution in [2.24, 2.45) is 17.4 Å². The fourth-order valence-corrected chi connectivity index (χ4v) is 2.57. The molecule has 0 aliphatic carbocycles. The number of piperidine rings is 1. The molecule has 0 aromatic heterocycles. The van der Waals surface area contributed by atoms with Gasteiger partial charge in [0.05, 0.1) is 5.92 Å². The van der Waals surface area contributed by atoms with Gasteiger partial charge in [-0.15, -0.1) is 0 Å². The molecule has 18 heavy (non-hydrogen) atoms. The molecule has 1 aliphatic rings. The summed E-state index contributed by atoms with van der Waals surface area (Å²) < 4.78 is 0. The maximum Gasteiger partial charge on any atom is 0.222 e. The second-order valence-corrected chi connectivity index (χ2v) is 5.02. The number of aryl methyl sites for hydroxylation is 1. The van der Waals surface area contributed by atoms with Crippen LogP contribution in [0.4, 0.5) is 5.69 Å². The van der Waals surface area contributed by atoms with E-state index in [9.17, 15) is 4.79 Å². The first-order chi connectivity index (χ1) is 8.61. The number of carbonyl (C=O) groups is 1. The molecule has 1 saturated heterocycles. The number of nitrogens with two attached hydrogens (primary N) is 2. The quantitative estimate of drug-likeness (QED) is 0.841. The Balaban J connectivity index is 2.25. The smallest absolute Gasteiger partial charge is 0.222 e. The molecule has 0 radical (unpaired) electrons. The van der Waals surface area contributed by atoms with Crippen molar-refractivity contribution in [3.63, 3.8) is 0 Å². The number of rotatable bonds is 3. The van der Waals surface area contributed by atoms with Gasteiger partial charge in [-0.2, -0.15) is 0 Å². The van der Waals surface area contributed by atoms with Gasteiger partial charge in [0.1, 0.15) is 0 Å². The van der Waals surface area contributed by atoms with Crippen LogP contribution in [-0.2, 0) is 11.3 Å². The van der Waals surface area contributed by atoms with E-state index in [1.807, 2.05) is 0 Å². The van der Waals surface area contributed by atoms with Gasteiger partial charge < -0.3 is 16.4 Å². The van der Waals surface area contributed by atoms with Crippen molar-refractivity contribution < 1.29 is 4.79 Å². The minimum absolute atomic E-state index is 0.0371. The monoisotopic (exact) mass is 247 g/mol. The second-order valence-electron chi connectivity index (χ2n) is 5.02. The Morgan fingerprint density at radius 2 is 2.28 bits per heavy atom. The average Bonchev–Trinajstić information content (AvgIpc) is 2.39. The Kier molecular flexibility index (Phi) is 3.87. The second kappa shape index (κ2) is 5.40. The van der Waals surface area contributed by atoms with Gasteiger partial charge in [0.15, 0.2) is 0 Å². The van der Waals surface area contributed by atoms with Gasteiger partial charge in [-0.3, -0.25) is 4.79 Å². The van der Waals surface area contributed by atoms with Crippen LogP contribution in [0.5, 0.6) is 0 Å². The minimum Gasteiger partial charge on any atom is -0.370 e. The van der Waals surface area contributed by atoms with E-state index in [0.29, 0.717) is 13.1 Å². The van der Waals surface area contributed by atoms with Crippen molar-refractivity contribution in [3.05, 3.63) is 29.3 Å². The number of hydrogen-bond donors (Lipinski definition) is 2. The molecule has 1 aromatic rings. The van der Waals surface area contributed by atoms with Gasteiger partial charge in [0, 0.05) is 25.3 Å². The number of nitrogens with zero attached hydrogens (tertiary/aromatic N) is 1. The van der Waals surface area contributed by atoms with Crippen LogP contribution in [0.15, 0.2) is 18.2 Å². The van der Waals surface area contributed by atoms with Crippen molar-refractivity contribution in [2.75, 3.05) is 18.0 Å². The van der Waals surface area contributed by atoms with Crippen LogP contribution >= 0.6 is 0 Å². The number of primary amides is 1. The summed E-state index contributed by atoms with van der Waals surface area (Å²) in [4.78, 5) is 13.6. The molecule has 1 amide bonds. The zero-order chi connectivity index (χ0) is 13.1. The summed E-state index contributed by atoms with van der Waals surface area (Å²) in [6.45, 7) is 4.28. The highest BCUT2D eigenvalue weighted by Crippen LogP contribution is 2.27. The zero-order valence-electron chi connectivity index (χ0n) is 10.9. The summed E-state index contributed by atoms with van der Waals surface area (Å²) in [5, 5.41) is 0. The lowest BCUT2D eigenvalue weighted by Crippen LogP contribution is -2.41. The molecule has 4 heteroatoms. The highest BCUT2D eigenvalue weighted by molar-refractivity contribution is 5.77. The maximum atomic E-state index is 11.3. The molecule has 4 N–H and O–H groups in total. The SMILES string of the molecule is Cc1ccc(CN)c(N2CCCC(C(N)=O)C2)c1. The molecular weight excluding hydrogens is 226 g/mol. The molecule has 4 nitrogen and oxygen atoms in total. The van der Waals surface area contributed by atoms with E-state index in [1.54, 1.807) is 0 Å². The normalized spacial score (nSPS) is 19.9. The number of benzene rings is 1. The van der Waals surface area contributed by atoms with Gasteiger partial charge >= 0.3 is 0 Å². The van der Waals surface area contributed by atoms with Crippen LogP contribution in [0, 0.1) is 12.8 Å². The van der Waals surface area contributed by atoms with Crippen LogP contribution in [0.1, 0.15) is 24.0 Å². The standard InChI is InChI=1S/C14H21N3O/c1-10-4-5-11(8-15)13(7-10)17-6-2-3-12(9-17)14(16)18/h4-5,7,12H,2-3,6,8-9,15H2,1H3,(H2,16,18). The molecule has 1 fully saturated rings. The Morgan fingerprint density at radius 3 is 2.94 bits per heavy atom. The van der Waals surface area contributed by atoms with Crippen molar-refractivity contribution >= 4 is 11.6 Å². The topological polar surface area (TPSA) is 72.3 Å². The van der Waals surface area contributed by atoms with Crippen molar-refractivity contribution in [1.82, 2.24) is 0 Å². The van der Waals surface area contributed by atoms with Crippen molar-refractivity contribution in [1.29, 1.82) is 0 Å². The molecule has 1 unspecified atom stereocenters. The molecule has 0 saturated carbocycles. The summed E-state index contributed by atoms with van der Waals surface area (Å²) in [5.74, 6) is -0.230. The van der Waals surface area contributed by atoms with Crippen LogP contribution in [-0.4, -0.2) is 19.0 Å². The minimum atomic E-state index is -0.193. The molecule has 1 heterocycles. The van der Waals surface area contributed by atoms with Crippen LogP contribution in [0.25, 0.3) is 0 Å². The lowest BCUT2D eigenvalue weighted by atomic mass is 9.96. The Labute approximate surface area is 108 Å². The fraction of sp³-hybridized carbons (Fsp3) is 0.500. The third kappa shape index (κ3) is 2.64. The fourth-order valence-electron chi connectivity index (χ4n) is 2.57. The molecule has 2 rings (SSSR count). The summed E-state index contributed by atoms with van der Waals surface area (Å²) >= 11 is 0. The first-order valence-electron chi connectivity index (χ1n) is 6.45. The van der Waals surface area contributed by atoms with E-state index in [-0.39, 0.29) is 11.8 Å². The predicted molar refractivity (Wildman–Crippen MR) is 73.2 cm³/mol. The highest BCUT2D eigenvalue weighted by Gasteiger charge is 2.25. The number of anilines is 1. The Bertz CT molecular complexity index is 445. The number of amides is 1. The molecule has 0 bridgehead atoms. The number of carbonyl (C=O) groups excluding carboxylic acids is 1. The predicted octanol–water partition coefficient (Wildman–Crippen LogP) is 1.16. The van der Waals surface area contributed by atoms with Crippen LogP contribution < -0.4 is 16.4 Å². The summed E-state index contributed by atoms with van der Waals surface area (Å²) in [7, 11) is 0. The van der Waals surface area contributed by atoms with E-state index < -0.39 is 0 Å². The molecule has 1 aromatic carbocycles. The van der Waals surface area contributed by atoms with E-state index in [0.717, 1.165) is 30.6 Å². The Morgan fingerprint density at radius 1 is 1.50 bits per heavy atom. The highest BCUT2D eigenvalue weighted by atomic mass is 16.1. The molecule has 98 valence electrons. The van der Waals surface area contributed by atoms with Gasteiger partial charge in [-0.25, -0.2) is 0 Å². The van der Waals surface area contributed by atoms with E-state index in [2.05, 4.69) is 30.0 Å². The lowest BCUT2D eigenvalue weighted by molar-refractivity contribution is -0.122. The third-order valence-electron chi connectivity index (χ3n) is 3.63. The maximum absolute atomic E-state index is 11.3. The lowest BCUT2D eigenvalue weighted by Gasteiger charge is -2.34. The van der Waals surface area contributed by atoms with Crippen molar-refractivity contribution in [3.8, 4) is 0 Å². The van der Waals surface area contributed by atoms with Gasteiger partial charge in [-0.05, 0) is 37.0 Å². The first kappa shape index (κ1) is 12.9. The molecule has 1 atom stereocenters. The van der Waals surface area contributed by atoms with Gasteiger partial charge in [0.2, 0.25) is 5.91 Å². The van der Waals surface area contributed by atoms with Gasteiger partial charge in [-0.1, -0.05) is 12.1 Å².